The van der Waals surface area contributed by atoms with Crippen LogP contribution in [-0.4, -0.2) is 35.2 Å². The van der Waals surface area contributed by atoms with E-state index < -0.39 is 0 Å². The van der Waals surface area contributed by atoms with Crippen molar-refractivity contribution < 1.29 is 9.47 Å². The zero-order valence-electron chi connectivity index (χ0n) is 12.9. The maximum absolute atomic E-state index is 5.64. The summed E-state index contributed by atoms with van der Waals surface area (Å²) in [6.07, 6.45) is 3.29. The highest BCUT2D eigenvalue weighted by atomic mass is 16.5. The number of nitrogens with zero attached hydrogens (tertiary/aromatic N) is 3. The SMILES string of the molecule is COc1ccc(COCCNc2ccc3nccnc3n2)cc1. The minimum atomic E-state index is 0.572. The average Bonchev–Trinajstić information content (AvgIpc) is 2.62. The van der Waals surface area contributed by atoms with E-state index in [1.54, 1.807) is 19.5 Å². The van der Waals surface area contributed by atoms with Gasteiger partial charge >= 0.3 is 0 Å². The van der Waals surface area contributed by atoms with Gasteiger partial charge in [-0.15, -0.1) is 0 Å². The van der Waals surface area contributed by atoms with Crippen molar-refractivity contribution >= 4 is 17.0 Å². The molecule has 23 heavy (non-hydrogen) atoms. The van der Waals surface area contributed by atoms with E-state index in [1.807, 2.05) is 36.4 Å². The summed E-state index contributed by atoms with van der Waals surface area (Å²) in [5.74, 6) is 1.62. The summed E-state index contributed by atoms with van der Waals surface area (Å²) in [5.41, 5.74) is 2.54. The van der Waals surface area contributed by atoms with Gasteiger partial charge in [-0.25, -0.2) is 9.97 Å². The van der Waals surface area contributed by atoms with E-state index in [9.17, 15) is 0 Å². The summed E-state index contributed by atoms with van der Waals surface area (Å²) in [7, 11) is 1.66. The van der Waals surface area contributed by atoms with Gasteiger partial charge in [0.2, 0.25) is 0 Å². The molecule has 1 N–H and O–H groups in total. The van der Waals surface area contributed by atoms with Gasteiger partial charge < -0.3 is 14.8 Å². The highest BCUT2D eigenvalue weighted by Gasteiger charge is 1.99. The van der Waals surface area contributed by atoms with Gasteiger partial charge in [-0.1, -0.05) is 12.1 Å². The number of hydrogen-bond donors (Lipinski definition) is 1. The molecule has 0 saturated carbocycles. The lowest BCUT2D eigenvalue weighted by molar-refractivity contribution is 0.130. The van der Waals surface area contributed by atoms with Crippen LogP contribution in [0.1, 0.15) is 5.56 Å². The van der Waals surface area contributed by atoms with Crippen molar-refractivity contribution in [1.29, 1.82) is 0 Å². The van der Waals surface area contributed by atoms with Crippen LogP contribution >= 0.6 is 0 Å². The van der Waals surface area contributed by atoms with Crippen molar-refractivity contribution in [2.45, 2.75) is 6.61 Å². The van der Waals surface area contributed by atoms with Crippen LogP contribution in [0.3, 0.4) is 0 Å². The van der Waals surface area contributed by atoms with E-state index in [4.69, 9.17) is 9.47 Å². The first kappa shape index (κ1) is 15.2. The van der Waals surface area contributed by atoms with Crippen LogP contribution in [0, 0.1) is 0 Å². The second-order valence-corrected chi connectivity index (χ2v) is 4.92. The van der Waals surface area contributed by atoms with E-state index in [-0.39, 0.29) is 0 Å². The normalized spacial score (nSPS) is 10.7. The number of pyridine rings is 1. The number of benzene rings is 1. The highest BCUT2D eigenvalue weighted by molar-refractivity contribution is 5.71. The van der Waals surface area contributed by atoms with Crippen LogP contribution in [0.15, 0.2) is 48.8 Å². The number of hydrogen-bond acceptors (Lipinski definition) is 6. The summed E-state index contributed by atoms with van der Waals surface area (Å²) < 4.78 is 10.8. The number of anilines is 1. The number of aromatic nitrogens is 3. The molecular weight excluding hydrogens is 292 g/mol. The Bertz CT molecular complexity index is 762. The Balaban J connectivity index is 1.43. The maximum atomic E-state index is 5.64. The lowest BCUT2D eigenvalue weighted by atomic mass is 10.2. The van der Waals surface area contributed by atoms with E-state index in [0.29, 0.717) is 25.4 Å². The molecule has 3 rings (SSSR count). The zero-order chi connectivity index (χ0) is 15.9. The molecule has 1 aromatic carbocycles. The van der Waals surface area contributed by atoms with Crippen molar-refractivity contribution in [2.75, 3.05) is 25.6 Å². The summed E-state index contributed by atoms with van der Waals surface area (Å²) in [6, 6.07) is 11.6. The zero-order valence-corrected chi connectivity index (χ0v) is 12.9. The third-order valence-corrected chi connectivity index (χ3v) is 3.31. The first-order chi connectivity index (χ1) is 11.3. The molecule has 0 amide bonds. The quantitative estimate of drug-likeness (QED) is 0.677. The maximum Gasteiger partial charge on any atom is 0.180 e. The minimum Gasteiger partial charge on any atom is -0.497 e. The van der Waals surface area contributed by atoms with E-state index in [1.165, 1.54) is 0 Å². The standard InChI is InChI=1S/C17H18N4O2/c1-22-14-4-2-13(3-5-14)12-23-11-10-19-16-7-6-15-17(21-16)20-9-8-18-15/h2-9H,10-12H2,1H3,(H,19,20,21). The fourth-order valence-electron chi connectivity index (χ4n) is 2.12. The lowest BCUT2D eigenvalue weighted by Gasteiger charge is -2.08. The molecule has 0 bridgehead atoms. The Labute approximate surface area is 134 Å². The van der Waals surface area contributed by atoms with E-state index in [2.05, 4.69) is 20.3 Å². The topological polar surface area (TPSA) is 69.2 Å². The Morgan fingerprint density at radius 3 is 2.65 bits per heavy atom. The molecule has 6 nitrogen and oxygen atoms in total. The third-order valence-electron chi connectivity index (χ3n) is 3.31. The van der Waals surface area contributed by atoms with Crippen LogP contribution in [0.25, 0.3) is 11.2 Å². The van der Waals surface area contributed by atoms with Crippen LogP contribution in [-0.2, 0) is 11.3 Å². The second kappa shape index (κ2) is 7.51. The molecule has 118 valence electrons. The van der Waals surface area contributed by atoms with Crippen LogP contribution in [0.2, 0.25) is 0 Å². The highest BCUT2D eigenvalue weighted by Crippen LogP contribution is 2.12. The molecule has 0 aliphatic heterocycles. The molecule has 2 heterocycles. The largest absolute Gasteiger partial charge is 0.497 e. The molecule has 6 heteroatoms. The third kappa shape index (κ3) is 4.14. The molecule has 0 radical (unpaired) electrons. The first-order valence-electron chi connectivity index (χ1n) is 7.37. The van der Waals surface area contributed by atoms with Crippen molar-refractivity contribution in [3.05, 3.63) is 54.4 Å². The molecule has 0 atom stereocenters. The number of nitrogens with one attached hydrogen (secondary N) is 1. The van der Waals surface area contributed by atoms with Crippen LogP contribution in [0.4, 0.5) is 5.82 Å². The van der Waals surface area contributed by atoms with Gasteiger partial charge in [0.05, 0.1) is 20.3 Å². The van der Waals surface area contributed by atoms with Gasteiger partial charge in [-0.05, 0) is 29.8 Å². The Morgan fingerprint density at radius 1 is 1.00 bits per heavy atom. The second-order valence-electron chi connectivity index (χ2n) is 4.92. The number of methoxy groups -OCH3 is 1. The van der Waals surface area contributed by atoms with Gasteiger partial charge in [-0.3, -0.25) is 4.98 Å². The number of ether oxygens (including phenoxy) is 2. The van der Waals surface area contributed by atoms with Crippen molar-refractivity contribution in [2.24, 2.45) is 0 Å². The molecular formula is C17H18N4O2. The van der Waals surface area contributed by atoms with Gasteiger partial charge in [0.15, 0.2) is 5.65 Å². The molecule has 2 aromatic heterocycles. The predicted molar refractivity (Wildman–Crippen MR) is 88.5 cm³/mol. The lowest BCUT2D eigenvalue weighted by Crippen LogP contribution is -2.10. The van der Waals surface area contributed by atoms with Crippen molar-refractivity contribution in [3.63, 3.8) is 0 Å². The molecule has 0 spiro atoms. The molecule has 0 aliphatic rings. The van der Waals surface area contributed by atoms with Gasteiger partial charge in [0.1, 0.15) is 17.1 Å². The van der Waals surface area contributed by atoms with Gasteiger partial charge in [0.25, 0.3) is 0 Å². The number of rotatable bonds is 7. The molecule has 3 aromatic rings. The van der Waals surface area contributed by atoms with Crippen molar-refractivity contribution in [3.8, 4) is 5.75 Å². The van der Waals surface area contributed by atoms with Gasteiger partial charge in [0, 0.05) is 18.9 Å². The molecule has 0 unspecified atom stereocenters. The number of fused-ring (bicyclic) bond motifs is 1. The monoisotopic (exact) mass is 310 g/mol. The summed E-state index contributed by atoms with van der Waals surface area (Å²) in [6.45, 7) is 1.84. The van der Waals surface area contributed by atoms with Crippen LogP contribution < -0.4 is 10.1 Å². The predicted octanol–water partition coefficient (Wildman–Crippen LogP) is 2.66. The average molecular weight is 310 g/mol. The van der Waals surface area contributed by atoms with Crippen molar-refractivity contribution in [1.82, 2.24) is 15.0 Å². The first-order valence-corrected chi connectivity index (χ1v) is 7.37. The fourth-order valence-corrected chi connectivity index (χ4v) is 2.12. The summed E-state index contributed by atoms with van der Waals surface area (Å²) in [5, 5.41) is 3.22. The molecule has 0 saturated heterocycles. The summed E-state index contributed by atoms with van der Waals surface area (Å²) in [4.78, 5) is 12.8. The van der Waals surface area contributed by atoms with Gasteiger partial charge in [-0.2, -0.15) is 0 Å². The Hall–Kier alpha value is -2.73. The minimum absolute atomic E-state index is 0.572. The fraction of sp³-hybridized carbons (Fsp3) is 0.235. The molecule has 0 fully saturated rings. The molecule has 0 aliphatic carbocycles. The Kier molecular flexibility index (Phi) is 4.95. The summed E-state index contributed by atoms with van der Waals surface area (Å²) >= 11 is 0. The smallest absolute Gasteiger partial charge is 0.180 e. The van der Waals surface area contributed by atoms with E-state index >= 15 is 0 Å². The Morgan fingerprint density at radius 2 is 1.83 bits per heavy atom. The van der Waals surface area contributed by atoms with E-state index in [0.717, 1.165) is 22.6 Å². The van der Waals surface area contributed by atoms with Crippen LogP contribution in [0.5, 0.6) is 5.75 Å².